The van der Waals surface area contributed by atoms with Crippen molar-refractivity contribution < 1.29 is 8.42 Å². The van der Waals surface area contributed by atoms with Gasteiger partial charge in [0, 0.05) is 7.05 Å². The van der Waals surface area contributed by atoms with E-state index in [2.05, 4.69) is 6.58 Å². The second-order valence-corrected chi connectivity index (χ2v) is 5.08. The zero-order valence-electron chi connectivity index (χ0n) is 7.66. The van der Waals surface area contributed by atoms with Crippen LogP contribution in [-0.4, -0.2) is 31.2 Å². The number of nitrogens with one attached hydrogen (secondary N) is 1. The number of hydrogen-bond donors (Lipinski definition) is 1. The highest BCUT2D eigenvalue weighted by Gasteiger charge is 2.32. The van der Waals surface area contributed by atoms with Gasteiger partial charge in [0.25, 0.3) is 0 Å². The Morgan fingerprint density at radius 3 is 2.54 bits per heavy atom. The van der Waals surface area contributed by atoms with Crippen LogP contribution in [0.2, 0.25) is 0 Å². The molecule has 0 saturated carbocycles. The van der Waals surface area contributed by atoms with Crippen molar-refractivity contribution in [1.82, 2.24) is 4.31 Å². The summed E-state index contributed by atoms with van der Waals surface area (Å²) in [5, 5.41) is 7.46. The predicted molar refractivity (Wildman–Crippen MR) is 52.2 cm³/mol. The molecule has 0 amide bonds. The maximum atomic E-state index is 11.3. The van der Waals surface area contributed by atoms with E-state index in [1.807, 2.05) is 0 Å². The van der Waals surface area contributed by atoms with Crippen LogP contribution in [0.1, 0.15) is 6.92 Å². The molecule has 0 unspecified atom stereocenters. The van der Waals surface area contributed by atoms with Crippen LogP contribution in [0, 0.1) is 5.41 Å². The summed E-state index contributed by atoms with van der Waals surface area (Å²) in [5.74, 6) is -0.206. The molecular weight excluding hydrogens is 188 g/mol. The summed E-state index contributed by atoms with van der Waals surface area (Å²) < 4.78 is 23.7. The van der Waals surface area contributed by atoms with Gasteiger partial charge in [0.1, 0.15) is 5.75 Å². The van der Waals surface area contributed by atoms with Crippen LogP contribution in [0.5, 0.6) is 0 Å². The Bertz CT molecular complexity index is 392. The quantitative estimate of drug-likeness (QED) is 0.678. The van der Waals surface area contributed by atoms with Crippen LogP contribution in [0.3, 0.4) is 0 Å². The molecule has 0 spiro atoms. The van der Waals surface area contributed by atoms with Gasteiger partial charge in [-0.3, -0.25) is 4.31 Å². The summed E-state index contributed by atoms with van der Waals surface area (Å²) in [6.45, 7) is 5.40. The summed E-state index contributed by atoms with van der Waals surface area (Å²) >= 11 is 0. The Morgan fingerprint density at radius 1 is 1.69 bits per heavy atom. The van der Waals surface area contributed by atoms with Crippen molar-refractivity contribution in [3.63, 3.8) is 0 Å². The maximum Gasteiger partial charge on any atom is 0.240 e. The van der Waals surface area contributed by atoms with Gasteiger partial charge in [-0.2, -0.15) is 0 Å². The fourth-order valence-corrected chi connectivity index (χ4v) is 2.27. The van der Waals surface area contributed by atoms with Gasteiger partial charge >= 0.3 is 0 Å². The first-order valence-electron chi connectivity index (χ1n) is 3.76. The van der Waals surface area contributed by atoms with Crippen LogP contribution >= 0.6 is 0 Å². The van der Waals surface area contributed by atoms with Gasteiger partial charge in [0.15, 0.2) is 0 Å². The Labute approximate surface area is 78.1 Å². The van der Waals surface area contributed by atoms with Crippen molar-refractivity contribution in [2.24, 2.45) is 0 Å². The third-order valence-corrected chi connectivity index (χ3v) is 3.46. The molecule has 1 N–H and O–H groups in total. The van der Waals surface area contributed by atoms with Gasteiger partial charge in [-0.1, -0.05) is 12.2 Å². The normalized spacial score (nSPS) is 24.0. The van der Waals surface area contributed by atoms with E-state index in [0.717, 1.165) is 9.88 Å². The van der Waals surface area contributed by atoms with Crippen molar-refractivity contribution >= 4 is 15.7 Å². The molecule has 0 aromatic rings. The van der Waals surface area contributed by atoms with Crippen LogP contribution in [0.4, 0.5) is 0 Å². The first-order chi connectivity index (χ1) is 5.84. The van der Waals surface area contributed by atoms with E-state index in [9.17, 15) is 8.42 Å². The SMILES string of the molecule is C=C(C)C=C1C(=N)CS(=O)(=O)N1C. The number of rotatable bonds is 1. The first-order valence-corrected chi connectivity index (χ1v) is 5.37. The first kappa shape index (κ1) is 9.98. The molecule has 1 aliphatic rings. The Balaban J connectivity index is 3.17. The van der Waals surface area contributed by atoms with Gasteiger partial charge in [-0.05, 0) is 13.0 Å². The van der Waals surface area contributed by atoms with E-state index in [0.29, 0.717) is 5.70 Å². The van der Waals surface area contributed by atoms with Gasteiger partial charge < -0.3 is 5.41 Å². The molecule has 1 aliphatic heterocycles. The Morgan fingerprint density at radius 2 is 2.23 bits per heavy atom. The molecule has 0 bridgehead atoms. The molecule has 1 heterocycles. The molecule has 5 heteroatoms. The minimum Gasteiger partial charge on any atom is -0.302 e. The van der Waals surface area contributed by atoms with Crippen molar-refractivity contribution in [2.75, 3.05) is 12.8 Å². The average Bonchev–Trinajstić information content (AvgIpc) is 2.12. The van der Waals surface area contributed by atoms with Gasteiger partial charge in [-0.15, -0.1) is 0 Å². The van der Waals surface area contributed by atoms with E-state index in [4.69, 9.17) is 5.41 Å². The third-order valence-electron chi connectivity index (χ3n) is 1.78. The summed E-state index contributed by atoms with van der Waals surface area (Å²) in [5.41, 5.74) is 1.29. The summed E-state index contributed by atoms with van der Waals surface area (Å²) in [7, 11) is -1.82. The van der Waals surface area contributed by atoms with Crippen molar-refractivity contribution in [2.45, 2.75) is 6.92 Å². The number of hydrogen-bond acceptors (Lipinski definition) is 3. The van der Waals surface area contributed by atoms with Crippen molar-refractivity contribution in [3.8, 4) is 0 Å². The highest BCUT2D eigenvalue weighted by atomic mass is 32.2. The minimum atomic E-state index is -3.27. The lowest BCUT2D eigenvalue weighted by Gasteiger charge is -2.10. The van der Waals surface area contributed by atoms with Gasteiger partial charge in [-0.25, -0.2) is 8.42 Å². The van der Waals surface area contributed by atoms with E-state index in [-0.39, 0.29) is 11.5 Å². The molecule has 1 fully saturated rings. The second-order valence-electron chi connectivity index (χ2n) is 3.08. The molecule has 0 aromatic heterocycles. The molecule has 72 valence electrons. The molecule has 0 aliphatic carbocycles. The Kier molecular flexibility index (Phi) is 2.30. The fraction of sp³-hybridized carbons (Fsp3) is 0.375. The molecule has 0 radical (unpaired) electrons. The van der Waals surface area contributed by atoms with E-state index < -0.39 is 10.0 Å². The molecule has 0 aromatic carbocycles. The van der Waals surface area contributed by atoms with Crippen LogP contribution in [0.15, 0.2) is 23.9 Å². The Hall–Kier alpha value is -1.10. The lowest BCUT2D eigenvalue weighted by atomic mass is 10.2. The number of nitrogens with zero attached hydrogens (tertiary/aromatic N) is 1. The average molecular weight is 200 g/mol. The largest absolute Gasteiger partial charge is 0.302 e. The summed E-state index contributed by atoms with van der Waals surface area (Å²) in [4.78, 5) is 0. The standard InChI is InChI=1S/C8H12N2O2S/c1-6(2)4-8-7(9)5-13(11,12)10(8)3/h4,9H,1,5H2,2-3H3. The molecule has 4 nitrogen and oxygen atoms in total. The minimum absolute atomic E-state index is 0.130. The molecule has 1 rings (SSSR count). The van der Waals surface area contributed by atoms with Crippen molar-refractivity contribution in [1.29, 1.82) is 5.41 Å². The lowest BCUT2D eigenvalue weighted by Crippen LogP contribution is -2.19. The van der Waals surface area contributed by atoms with Gasteiger partial charge in [0.05, 0.1) is 11.4 Å². The predicted octanol–water partition coefficient (Wildman–Crippen LogP) is 0.741. The van der Waals surface area contributed by atoms with E-state index >= 15 is 0 Å². The molecule has 0 atom stereocenters. The van der Waals surface area contributed by atoms with Crippen molar-refractivity contribution in [3.05, 3.63) is 23.9 Å². The van der Waals surface area contributed by atoms with E-state index in [1.54, 1.807) is 13.0 Å². The number of allylic oxidation sites excluding steroid dienone is 3. The van der Waals surface area contributed by atoms with Crippen LogP contribution in [0.25, 0.3) is 0 Å². The smallest absolute Gasteiger partial charge is 0.240 e. The second kappa shape index (κ2) is 2.99. The highest BCUT2D eigenvalue weighted by molar-refractivity contribution is 7.90. The monoisotopic (exact) mass is 200 g/mol. The number of sulfonamides is 1. The summed E-state index contributed by atoms with van der Waals surface area (Å²) in [6.07, 6.45) is 1.60. The molecule has 13 heavy (non-hydrogen) atoms. The zero-order chi connectivity index (χ0) is 10.2. The highest BCUT2D eigenvalue weighted by Crippen LogP contribution is 2.20. The topological polar surface area (TPSA) is 61.2 Å². The lowest BCUT2D eigenvalue weighted by molar-refractivity contribution is 0.545. The van der Waals surface area contributed by atoms with E-state index in [1.165, 1.54) is 7.05 Å². The van der Waals surface area contributed by atoms with Gasteiger partial charge in [0.2, 0.25) is 10.0 Å². The fourth-order valence-electron chi connectivity index (χ4n) is 1.10. The molecule has 1 saturated heterocycles. The summed E-state index contributed by atoms with van der Waals surface area (Å²) in [6, 6.07) is 0. The third kappa shape index (κ3) is 1.80. The maximum absolute atomic E-state index is 11.3. The molecular formula is C8H12N2O2S. The van der Waals surface area contributed by atoms with Crippen LogP contribution < -0.4 is 0 Å². The zero-order valence-corrected chi connectivity index (χ0v) is 8.48. The van der Waals surface area contributed by atoms with Crippen LogP contribution in [-0.2, 0) is 10.0 Å².